The van der Waals surface area contributed by atoms with Crippen molar-refractivity contribution in [3.8, 4) is 11.5 Å². The number of aromatic hydroxyl groups is 1. The van der Waals surface area contributed by atoms with Crippen molar-refractivity contribution in [2.45, 2.75) is 6.92 Å². The van der Waals surface area contributed by atoms with Gasteiger partial charge in [0.2, 0.25) is 0 Å². The van der Waals surface area contributed by atoms with Crippen molar-refractivity contribution in [3.63, 3.8) is 0 Å². The van der Waals surface area contributed by atoms with Gasteiger partial charge in [0.1, 0.15) is 0 Å². The molecule has 0 aromatic heterocycles. The molecule has 0 radical (unpaired) electrons. The van der Waals surface area contributed by atoms with E-state index in [-0.39, 0.29) is 11.7 Å². The number of nitrogens with zero attached hydrogens (tertiary/aromatic N) is 1. The SMILES string of the molecule is CCOc1cc(Br)cc(C=C2SC(=Nc3ccc(Br)cc3)NC2=O)c1O. The van der Waals surface area contributed by atoms with Crippen LogP contribution in [0.3, 0.4) is 0 Å². The first-order chi connectivity index (χ1) is 12.5. The van der Waals surface area contributed by atoms with Crippen LogP contribution in [0.15, 0.2) is 55.2 Å². The lowest BCUT2D eigenvalue weighted by molar-refractivity contribution is -0.115. The minimum Gasteiger partial charge on any atom is -0.504 e. The minimum absolute atomic E-state index is 0.00533. The first kappa shape index (κ1) is 19.0. The number of phenolic OH excluding ortho intramolecular Hbond substituents is 1. The molecule has 0 unspecified atom stereocenters. The number of ether oxygens (including phenoxy) is 1. The number of nitrogens with one attached hydrogen (secondary N) is 1. The molecular formula is C18H14Br2N2O3S. The lowest BCUT2D eigenvalue weighted by Gasteiger charge is -2.09. The lowest BCUT2D eigenvalue weighted by atomic mass is 10.1. The maximum atomic E-state index is 12.2. The fourth-order valence-electron chi connectivity index (χ4n) is 2.22. The summed E-state index contributed by atoms with van der Waals surface area (Å²) in [5, 5.41) is 13.6. The Morgan fingerprint density at radius 2 is 1.96 bits per heavy atom. The summed E-state index contributed by atoms with van der Waals surface area (Å²) in [7, 11) is 0. The van der Waals surface area contributed by atoms with E-state index in [1.54, 1.807) is 18.2 Å². The summed E-state index contributed by atoms with van der Waals surface area (Å²) < 4.78 is 7.12. The number of amidine groups is 1. The van der Waals surface area contributed by atoms with E-state index in [0.29, 0.717) is 28.0 Å². The molecule has 8 heteroatoms. The number of amides is 1. The van der Waals surface area contributed by atoms with Gasteiger partial charge in [-0.05, 0) is 61.2 Å². The van der Waals surface area contributed by atoms with Gasteiger partial charge in [-0.25, -0.2) is 4.99 Å². The zero-order valence-electron chi connectivity index (χ0n) is 13.6. The monoisotopic (exact) mass is 496 g/mol. The predicted molar refractivity (Wildman–Crippen MR) is 112 cm³/mol. The number of halogens is 2. The normalized spacial score (nSPS) is 17.0. The molecule has 3 rings (SSSR count). The summed E-state index contributed by atoms with van der Waals surface area (Å²) in [5.41, 5.74) is 1.23. The highest BCUT2D eigenvalue weighted by Gasteiger charge is 2.24. The highest BCUT2D eigenvalue weighted by atomic mass is 79.9. The van der Waals surface area contributed by atoms with Crippen LogP contribution in [-0.2, 0) is 4.79 Å². The Morgan fingerprint density at radius 3 is 2.65 bits per heavy atom. The lowest BCUT2D eigenvalue weighted by Crippen LogP contribution is -2.19. The van der Waals surface area contributed by atoms with Crippen LogP contribution in [0.2, 0.25) is 0 Å². The molecule has 1 aliphatic heterocycles. The van der Waals surface area contributed by atoms with Crippen molar-refractivity contribution < 1.29 is 14.6 Å². The van der Waals surface area contributed by atoms with E-state index in [4.69, 9.17) is 4.74 Å². The number of hydrogen-bond donors (Lipinski definition) is 2. The van der Waals surface area contributed by atoms with Crippen molar-refractivity contribution >= 4 is 66.5 Å². The summed E-state index contributed by atoms with van der Waals surface area (Å²) in [6, 6.07) is 10.9. The Labute approximate surface area is 171 Å². The van der Waals surface area contributed by atoms with Gasteiger partial charge < -0.3 is 15.2 Å². The van der Waals surface area contributed by atoms with Gasteiger partial charge in [0.25, 0.3) is 5.91 Å². The minimum atomic E-state index is -0.261. The Kier molecular flexibility index (Phi) is 6.05. The molecule has 0 atom stereocenters. The summed E-state index contributed by atoms with van der Waals surface area (Å²) in [6.07, 6.45) is 1.62. The van der Waals surface area contributed by atoms with E-state index in [2.05, 4.69) is 42.2 Å². The fourth-order valence-corrected chi connectivity index (χ4v) is 3.78. The number of aliphatic imine (C=N–C) groups is 1. The van der Waals surface area contributed by atoms with E-state index < -0.39 is 0 Å². The molecule has 0 bridgehead atoms. The first-order valence-electron chi connectivity index (χ1n) is 7.66. The fraction of sp³-hybridized carbons (Fsp3) is 0.111. The molecule has 0 spiro atoms. The first-order valence-corrected chi connectivity index (χ1v) is 10.1. The van der Waals surface area contributed by atoms with Gasteiger partial charge in [-0.3, -0.25) is 4.79 Å². The topological polar surface area (TPSA) is 70.9 Å². The molecule has 0 aliphatic carbocycles. The highest BCUT2D eigenvalue weighted by Crippen LogP contribution is 2.37. The molecule has 1 heterocycles. The number of carbonyl (C=O) groups is 1. The standard InChI is InChI=1S/C18H14Br2N2O3S/c1-2-25-14-9-12(20)7-10(16(14)23)8-15-17(24)22-18(26-15)21-13-5-3-11(19)4-6-13/h3-9,23H,2H2,1H3,(H,21,22,24). The number of carbonyl (C=O) groups excluding carboxylic acids is 1. The quantitative estimate of drug-likeness (QED) is 0.569. The third-order valence-electron chi connectivity index (χ3n) is 3.36. The number of rotatable bonds is 4. The van der Waals surface area contributed by atoms with Crippen LogP contribution >= 0.6 is 43.6 Å². The summed E-state index contributed by atoms with van der Waals surface area (Å²) in [5.74, 6) is 0.0957. The number of phenols is 1. The maximum absolute atomic E-state index is 12.2. The van der Waals surface area contributed by atoms with Gasteiger partial charge in [0.05, 0.1) is 17.2 Å². The van der Waals surface area contributed by atoms with Gasteiger partial charge in [-0.2, -0.15) is 0 Å². The molecule has 1 amide bonds. The van der Waals surface area contributed by atoms with Crippen LogP contribution < -0.4 is 10.1 Å². The van der Waals surface area contributed by atoms with Crippen LogP contribution in [-0.4, -0.2) is 22.8 Å². The molecule has 0 saturated carbocycles. The van der Waals surface area contributed by atoms with Gasteiger partial charge >= 0.3 is 0 Å². The second kappa shape index (κ2) is 8.28. The van der Waals surface area contributed by atoms with Gasteiger partial charge in [-0.15, -0.1) is 0 Å². The van der Waals surface area contributed by atoms with E-state index in [1.165, 1.54) is 11.8 Å². The second-order valence-electron chi connectivity index (χ2n) is 5.23. The van der Waals surface area contributed by atoms with Gasteiger partial charge in [0.15, 0.2) is 16.7 Å². The zero-order chi connectivity index (χ0) is 18.7. The van der Waals surface area contributed by atoms with Gasteiger partial charge in [-0.1, -0.05) is 31.9 Å². The zero-order valence-corrected chi connectivity index (χ0v) is 17.6. The third kappa shape index (κ3) is 4.49. The molecule has 26 heavy (non-hydrogen) atoms. The van der Waals surface area contributed by atoms with Crippen LogP contribution in [0.1, 0.15) is 12.5 Å². The molecule has 1 fully saturated rings. The predicted octanol–water partition coefficient (Wildman–Crippen LogP) is 5.21. The average Bonchev–Trinajstić information content (AvgIpc) is 2.93. The molecule has 2 N–H and O–H groups in total. The Morgan fingerprint density at radius 1 is 1.23 bits per heavy atom. The molecule has 1 saturated heterocycles. The molecular weight excluding hydrogens is 484 g/mol. The van der Waals surface area contributed by atoms with Crippen molar-refractivity contribution in [3.05, 3.63) is 55.8 Å². The summed E-state index contributed by atoms with van der Waals surface area (Å²) >= 11 is 7.98. The van der Waals surface area contributed by atoms with Crippen LogP contribution in [0.4, 0.5) is 5.69 Å². The van der Waals surface area contributed by atoms with Crippen molar-refractivity contribution in [2.24, 2.45) is 4.99 Å². The largest absolute Gasteiger partial charge is 0.504 e. The van der Waals surface area contributed by atoms with E-state index >= 15 is 0 Å². The van der Waals surface area contributed by atoms with Crippen molar-refractivity contribution in [2.75, 3.05) is 6.61 Å². The smallest absolute Gasteiger partial charge is 0.264 e. The van der Waals surface area contributed by atoms with E-state index in [1.807, 2.05) is 31.2 Å². The molecule has 1 aliphatic rings. The summed E-state index contributed by atoms with van der Waals surface area (Å²) in [6.45, 7) is 2.27. The van der Waals surface area contributed by atoms with Crippen LogP contribution in [0.5, 0.6) is 11.5 Å². The maximum Gasteiger partial charge on any atom is 0.264 e. The van der Waals surface area contributed by atoms with Crippen molar-refractivity contribution in [1.29, 1.82) is 0 Å². The third-order valence-corrected chi connectivity index (χ3v) is 5.26. The number of benzene rings is 2. The molecule has 5 nitrogen and oxygen atoms in total. The Balaban J connectivity index is 1.88. The Hall–Kier alpha value is -1.77. The molecule has 2 aromatic rings. The number of thioether (sulfide) groups is 1. The van der Waals surface area contributed by atoms with Crippen LogP contribution in [0.25, 0.3) is 6.08 Å². The molecule has 2 aromatic carbocycles. The van der Waals surface area contributed by atoms with Crippen molar-refractivity contribution in [1.82, 2.24) is 5.32 Å². The summed E-state index contributed by atoms with van der Waals surface area (Å²) in [4.78, 5) is 17.1. The number of hydrogen-bond acceptors (Lipinski definition) is 5. The second-order valence-corrected chi connectivity index (χ2v) is 8.09. The average molecular weight is 498 g/mol. The van der Waals surface area contributed by atoms with E-state index in [0.717, 1.165) is 14.6 Å². The molecule has 134 valence electrons. The van der Waals surface area contributed by atoms with E-state index in [9.17, 15) is 9.90 Å². The Bertz CT molecular complexity index is 911. The van der Waals surface area contributed by atoms with Gasteiger partial charge in [0, 0.05) is 14.5 Å². The highest BCUT2D eigenvalue weighted by molar-refractivity contribution is 9.10. The van der Waals surface area contributed by atoms with Crippen LogP contribution in [0, 0.1) is 0 Å².